The van der Waals surface area contributed by atoms with Gasteiger partial charge < -0.3 is 4.74 Å². The van der Waals surface area contributed by atoms with E-state index in [1.54, 1.807) is 31.4 Å². The van der Waals surface area contributed by atoms with Crippen molar-refractivity contribution in [1.82, 2.24) is 4.90 Å². The average molecular weight is 316 g/mol. The molecule has 2 fully saturated rings. The zero-order valence-electron chi connectivity index (χ0n) is 14.0. The van der Waals surface area contributed by atoms with Crippen molar-refractivity contribution in [2.75, 3.05) is 25.1 Å². The molecule has 0 saturated carbocycles. The Hall–Kier alpha value is -1.88. The Kier molecular flexibility index (Phi) is 4.39. The van der Waals surface area contributed by atoms with Gasteiger partial charge in [0, 0.05) is 13.1 Å². The number of carbonyl (C=O) groups excluding carboxylic acids is 2. The molecule has 0 radical (unpaired) electrons. The van der Waals surface area contributed by atoms with E-state index in [0.717, 1.165) is 13.1 Å². The normalized spacial score (nSPS) is 29.2. The summed E-state index contributed by atoms with van der Waals surface area (Å²) in [5.41, 5.74) is 0.626. The summed E-state index contributed by atoms with van der Waals surface area (Å²) in [5.74, 6) is 1.63. The second kappa shape index (κ2) is 6.32. The molecule has 5 heteroatoms. The van der Waals surface area contributed by atoms with Gasteiger partial charge in [-0.2, -0.15) is 0 Å². The van der Waals surface area contributed by atoms with Gasteiger partial charge in [0.2, 0.25) is 5.91 Å². The van der Waals surface area contributed by atoms with Gasteiger partial charge in [-0.05, 0) is 42.5 Å². The zero-order chi connectivity index (χ0) is 16.6. The Labute approximate surface area is 137 Å². The summed E-state index contributed by atoms with van der Waals surface area (Å²) in [5, 5.41) is 0. The zero-order valence-corrected chi connectivity index (χ0v) is 14.0. The van der Waals surface area contributed by atoms with E-state index in [1.807, 2.05) is 0 Å². The van der Waals surface area contributed by atoms with Crippen molar-refractivity contribution in [2.24, 2.45) is 11.8 Å². The second-order valence-corrected chi connectivity index (χ2v) is 6.89. The molecule has 0 N–H and O–H groups in total. The molecule has 5 nitrogen and oxygen atoms in total. The minimum atomic E-state index is -0.310. The van der Waals surface area contributed by atoms with Crippen LogP contribution in [-0.4, -0.2) is 43.0 Å². The molecule has 2 aliphatic rings. The van der Waals surface area contributed by atoms with Crippen LogP contribution in [0.15, 0.2) is 24.3 Å². The number of carbonyl (C=O) groups is 2. The SMILES string of the molecule is COc1ccc(N2C(=O)C[C@@H](N3C[C@H](C)C[C@@H](C)C3)C2=O)cc1. The van der Waals surface area contributed by atoms with Gasteiger partial charge in [0.15, 0.2) is 0 Å². The minimum Gasteiger partial charge on any atom is -0.497 e. The van der Waals surface area contributed by atoms with Crippen LogP contribution in [0, 0.1) is 11.8 Å². The van der Waals surface area contributed by atoms with Crippen LogP contribution in [0.5, 0.6) is 5.75 Å². The number of hydrogen-bond acceptors (Lipinski definition) is 4. The number of piperidine rings is 1. The number of ether oxygens (including phenoxy) is 1. The van der Waals surface area contributed by atoms with Crippen molar-refractivity contribution in [3.05, 3.63) is 24.3 Å². The summed E-state index contributed by atoms with van der Waals surface area (Å²) < 4.78 is 5.13. The molecule has 2 saturated heterocycles. The van der Waals surface area contributed by atoms with Crippen molar-refractivity contribution in [3.63, 3.8) is 0 Å². The summed E-state index contributed by atoms with van der Waals surface area (Å²) in [6.07, 6.45) is 1.47. The fraction of sp³-hybridized carbons (Fsp3) is 0.556. The Balaban J connectivity index is 1.79. The van der Waals surface area contributed by atoms with Crippen molar-refractivity contribution in [2.45, 2.75) is 32.7 Å². The number of benzene rings is 1. The first-order chi connectivity index (χ1) is 11.0. The van der Waals surface area contributed by atoms with Crippen molar-refractivity contribution < 1.29 is 14.3 Å². The first kappa shape index (κ1) is 16.0. The predicted molar refractivity (Wildman–Crippen MR) is 88.4 cm³/mol. The van der Waals surface area contributed by atoms with Gasteiger partial charge in [-0.3, -0.25) is 14.5 Å². The topological polar surface area (TPSA) is 49.9 Å². The molecule has 2 heterocycles. The molecule has 3 rings (SSSR count). The average Bonchev–Trinajstić information content (AvgIpc) is 2.81. The molecular formula is C18H24N2O3. The molecule has 0 unspecified atom stereocenters. The number of anilines is 1. The number of imide groups is 1. The highest BCUT2D eigenvalue weighted by molar-refractivity contribution is 6.22. The van der Waals surface area contributed by atoms with Gasteiger partial charge in [-0.15, -0.1) is 0 Å². The van der Waals surface area contributed by atoms with Crippen LogP contribution in [0.4, 0.5) is 5.69 Å². The Morgan fingerprint density at radius 3 is 2.22 bits per heavy atom. The number of rotatable bonds is 3. The highest BCUT2D eigenvalue weighted by atomic mass is 16.5. The van der Waals surface area contributed by atoms with E-state index < -0.39 is 0 Å². The van der Waals surface area contributed by atoms with E-state index in [-0.39, 0.29) is 24.3 Å². The first-order valence-corrected chi connectivity index (χ1v) is 8.24. The van der Waals surface area contributed by atoms with Crippen LogP contribution in [0.2, 0.25) is 0 Å². The van der Waals surface area contributed by atoms with Crippen LogP contribution in [0.3, 0.4) is 0 Å². The second-order valence-electron chi connectivity index (χ2n) is 6.89. The smallest absolute Gasteiger partial charge is 0.251 e. The summed E-state index contributed by atoms with van der Waals surface area (Å²) >= 11 is 0. The summed E-state index contributed by atoms with van der Waals surface area (Å²) in [7, 11) is 1.59. The van der Waals surface area contributed by atoms with E-state index in [9.17, 15) is 9.59 Å². The van der Waals surface area contributed by atoms with Gasteiger partial charge in [-0.25, -0.2) is 4.90 Å². The van der Waals surface area contributed by atoms with Crippen LogP contribution in [-0.2, 0) is 9.59 Å². The number of hydrogen-bond donors (Lipinski definition) is 0. The Morgan fingerprint density at radius 2 is 1.65 bits per heavy atom. The molecular weight excluding hydrogens is 292 g/mol. The van der Waals surface area contributed by atoms with Crippen LogP contribution < -0.4 is 9.64 Å². The molecule has 2 aliphatic heterocycles. The number of methoxy groups -OCH3 is 1. The number of likely N-dealkylation sites (tertiary alicyclic amines) is 1. The van der Waals surface area contributed by atoms with E-state index in [2.05, 4.69) is 18.7 Å². The molecule has 0 aliphatic carbocycles. The monoisotopic (exact) mass is 316 g/mol. The fourth-order valence-corrected chi connectivity index (χ4v) is 3.87. The van der Waals surface area contributed by atoms with E-state index in [0.29, 0.717) is 23.3 Å². The third-order valence-electron chi connectivity index (χ3n) is 4.79. The van der Waals surface area contributed by atoms with Crippen molar-refractivity contribution in [1.29, 1.82) is 0 Å². The first-order valence-electron chi connectivity index (χ1n) is 8.24. The maximum absolute atomic E-state index is 12.8. The fourth-order valence-electron chi connectivity index (χ4n) is 3.87. The largest absolute Gasteiger partial charge is 0.497 e. The third-order valence-corrected chi connectivity index (χ3v) is 4.79. The van der Waals surface area contributed by atoms with Gasteiger partial charge in [0.25, 0.3) is 5.91 Å². The summed E-state index contributed by atoms with van der Waals surface area (Å²) in [6.45, 7) is 6.21. The maximum Gasteiger partial charge on any atom is 0.251 e. The van der Waals surface area contributed by atoms with E-state index in [4.69, 9.17) is 4.74 Å². The molecule has 0 bridgehead atoms. The standard InChI is InChI=1S/C18H24N2O3/c1-12-8-13(2)11-19(10-12)16-9-17(21)20(18(16)22)14-4-6-15(23-3)7-5-14/h4-7,12-13,16H,8-11H2,1-3H3/t12-,13-,16-/m1/s1. The highest BCUT2D eigenvalue weighted by Gasteiger charge is 2.44. The lowest BCUT2D eigenvalue weighted by molar-refractivity contribution is -0.123. The van der Waals surface area contributed by atoms with Crippen molar-refractivity contribution >= 4 is 17.5 Å². The molecule has 1 aromatic carbocycles. The van der Waals surface area contributed by atoms with Gasteiger partial charge in [0.05, 0.1) is 25.3 Å². The lowest BCUT2D eigenvalue weighted by Crippen LogP contribution is -2.48. The molecule has 124 valence electrons. The minimum absolute atomic E-state index is 0.0959. The third kappa shape index (κ3) is 3.11. The molecule has 23 heavy (non-hydrogen) atoms. The summed E-state index contributed by atoms with van der Waals surface area (Å²) in [6, 6.07) is 6.76. The van der Waals surface area contributed by atoms with Gasteiger partial charge in [-0.1, -0.05) is 13.8 Å². The molecule has 2 amide bonds. The van der Waals surface area contributed by atoms with Crippen LogP contribution in [0.25, 0.3) is 0 Å². The lowest BCUT2D eigenvalue weighted by atomic mass is 9.90. The molecule has 3 atom stereocenters. The number of nitrogens with zero attached hydrogens (tertiary/aromatic N) is 2. The predicted octanol–water partition coefficient (Wildman–Crippen LogP) is 2.31. The van der Waals surface area contributed by atoms with Gasteiger partial charge in [0.1, 0.15) is 5.75 Å². The van der Waals surface area contributed by atoms with Crippen molar-refractivity contribution in [3.8, 4) is 5.75 Å². The molecule has 0 aromatic heterocycles. The van der Waals surface area contributed by atoms with E-state index in [1.165, 1.54) is 11.3 Å². The maximum atomic E-state index is 12.8. The Bertz CT molecular complexity index is 589. The quantitative estimate of drug-likeness (QED) is 0.803. The lowest BCUT2D eigenvalue weighted by Gasteiger charge is -2.37. The van der Waals surface area contributed by atoms with Crippen LogP contribution >= 0.6 is 0 Å². The highest BCUT2D eigenvalue weighted by Crippen LogP contribution is 2.30. The summed E-state index contributed by atoms with van der Waals surface area (Å²) in [4.78, 5) is 28.7. The van der Waals surface area contributed by atoms with Gasteiger partial charge >= 0.3 is 0 Å². The number of amides is 2. The Morgan fingerprint density at radius 1 is 1.04 bits per heavy atom. The van der Waals surface area contributed by atoms with Crippen LogP contribution in [0.1, 0.15) is 26.7 Å². The molecule has 0 spiro atoms. The molecule has 1 aromatic rings. The van der Waals surface area contributed by atoms with E-state index >= 15 is 0 Å².